The van der Waals surface area contributed by atoms with Gasteiger partial charge in [0, 0.05) is 17.5 Å². The maximum absolute atomic E-state index is 8.82. The summed E-state index contributed by atoms with van der Waals surface area (Å²) < 4.78 is 0. The van der Waals surface area contributed by atoms with Gasteiger partial charge in [0.15, 0.2) is 0 Å². The molecule has 0 heterocycles. The third-order valence-electron chi connectivity index (χ3n) is 1.71. The second kappa shape index (κ2) is 3.74. The van der Waals surface area contributed by atoms with Crippen LogP contribution in [-0.4, -0.2) is 11.7 Å². The molecule has 0 saturated carbocycles. The standard InChI is InChI=1S/C9H11ClO/c1-7(6-11)8-2-4-9(10)5-3-8/h2-5,7,11H,6H2,1H3/t7-/m0/s1. The fourth-order valence-electron chi connectivity index (χ4n) is 0.897. The molecule has 1 N–H and O–H groups in total. The first-order valence-corrected chi connectivity index (χ1v) is 3.98. The Balaban J connectivity index is 2.81. The molecule has 0 bridgehead atoms. The molecule has 60 valence electrons. The van der Waals surface area contributed by atoms with Gasteiger partial charge in [0.1, 0.15) is 0 Å². The number of aliphatic hydroxyl groups excluding tert-OH is 1. The summed E-state index contributed by atoms with van der Waals surface area (Å²) in [5, 5.41) is 9.56. The number of hydrogen-bond acceptors (Lipinski definition) is 1. The number of rotatable bonds is 2. The highest BCUT2D eigenvalue weighted by Crippen LogP contribution is 2.16. The van der Waals surface area contributed by atoms with Crippen LogP contribution in [0.3, 0.4) is 0 Å². The molecule has 1 rings (SSSR count). The minimum absolute atomic E-state index is 0.182. The molecule has 0 aliphatic carbocycles. The van der Waals surface area contributed by atoms with E-state index in [4.69, 9.17) is 16.7 Å². The van der Waals surface area contributed by atoms with E-state index in [9.17, 15) is 0 Å². The van der Waals surface area contributed by atoms with Crippen LogP contribution in [-0.2, 0) is 0 Å². The van der Waals surface area contributed by atoms with Gasteiger partial charge in [-0.1, -0.05) is 30.7 Å². The second-order valence-corrected chi connectivity index (χ2v) is 3.07. The maximum Gasteiger partial charge on any atom is 0.0497 e. The Hall–Kier alpha value is -0.530. The van der Waals surface area contributed by atoms with Crippen LogP contribution in [0.25, 0.3) is 0 Å². The maximum atomic E-state index is 8.82. The molecule has 0 aromatic heterocycles. The van der Waals surface area contributed by atoms with E-state index in [1.54, 1.807) is 0 Å². The summed E-state index contributed by atoms with van der Waals surface area (Å²) in [6.45, 7) is 2.16. The summed E-state index contributed by atoms with van der Waals surface area (Å²) in [5.41, 5.74) is 1.12. The highest BCUT2D eigenvalue weighted by atomic mass is 35.5. The van der Waals surface area contributed by atoms with E-state index >= 15 is 0 Å². The lowest BCUT2D eigenvalue weighted by molar-refractivity contribution is 0.273. The van der Waals surface area contributed by atoms with E-state index in [1.807, 2.05) is 31.2 Å². The summed E-state index contributed by atoms with van der Waals surface area (Å²) in [5.74, 6) is 0.201. The minimum atomic E-state index is 0.182. The Bertz CT molecular complexity index is 218. The van der Waals surface area contributed by atoms with Crippen molar-refractivity contribution in [3.8, 4) is 0 Å². The molecule has 0 fully saturated rings. The fourth-order valence-corrected chi connectivity index (χ4v) is 1.02. The zero-order chi connectivity index (χ0) is 8.27. The van der Waals surface area contributed by atoms with Crippen LogP contribution in [0.2, 0.25) is 5.02 Å². The third-order valence-corrected chi connectivity index (χ3v) is 1.96. The fraction of sp³-hybridized carbons (Fsp3) is 0.333. The normalized spacial score (nSPS) is 13.0. The summed E-state index contributed by atoms with van der Waals surface area (Å²) in [7, 11) is 0. The molecule has 0 amide bonds. The summed E-state index contributed by atoms with van der Waals surface area (Å²) in [6.07, 6.45) is 0. The van der Waals surface area contributed by atoms with E-state index in [1.165, 1.54) is 0 Å². The van der Waals surface area contributed by atoms with Crippen molar-refractivity contribution in [2.75, 3.05) is 6.61 Å². The first kappa shape index (κ1) is 8.57. The zero-order valence-corrected chi connectivity index (χ0v) is 7.17. The van der Waals surface area contributed by atoms with Crippen molar-refractivity contribution in [1.82, 2.24) is 0 Å². The Morgan fingerprint density at radius 1 is 1.36 bits per heavy atom. The smallest absolute Gasteiger partial charge is 0.0497 e. The Morgan fingerprint density at radius 2 is 1.91 bits per heavy atom. The molecule has 0 spiro atoms. The van der Waals surface area contributed by atoms with Crippen LogP contribution >= 0.6 is 11.6 Å². The molecular formula is C9H11ClO. The average molecular weight is 171 g/mol. The first-order valence-electron chi connectivity index (χ1n) is 3.60. The van der Waals surface area contributed by atoms with Gasteiger partial charge in [-0.05, 0) is 17.7 Å². The van der Waals surface area contributed by atoms with Gasteiger partial charge in [0.2, 0.25) is 0 Å². The molecule has 2 heteroatoms. The van der Waals surface area contributed by atoms with Crippen molar-refractivity contribution >= 4 is 11.6 Å². The number of aliphatic hydroxyl groups is 1. The number of halogens is 1. The van der Waals surface area contributed by atoms with Gasteiger partial charge in [-0.3, -0.25) is 0 Å². The lowest BCUT2D eigenvalue weighted by Gasteiger charge is -2.06. The monoisotopic (exact) mass is 170 g/mol. The van der Waals surface area contributed by atoms with Gasteiger partial charge in [0.05, 0.1) is 0 Å². The van der Waals surface area contributed by atoms with Gasteiger partial charge >= 0.3 is 0 Å². The first-order chi connectivity index (χ1) is 5.24. The van der Waals surface area contributed by atoms with Gasteiger partial charge in [-0.15, -0.1) is 0 Å². The van der Waals surface area contributed by atoms with Gasteiger partial charge in [-0.2, -0.15) is 0 Å². The van der Waals surface area contributed by atoms with Crippen LogP contribution in [0.4, 0.5) is 0 Å². The summed E-state index contributed by atoms with van der Waals surface area (Å²) in [6, 6.07) is 7.54. The molecule has 0 aliphatic heterocycles. The quantitative estimate of drug-likeness (QED) is 0.723. The molecule has 1 aromatic rings. The van der Waals surface area contributed by atoms with Crippen molar-refractivity contribution in [2.24, 2.45) is 0 Å². The van der Waals surface area contributed by atoms with Crippen LogP contribution in [0.1, 0.15) is 18.4 Å². The van der Waals surface area contributed by atoms with Gasteiger partial charge < -0.3 is 5.11 Å². The van der Waals surface area contributed by atoms with Crippen LogP contribution < -0.4 is 0 Å². The SMILES string of the molecule is C[C@@H](CO)c1ccc(Cl)cc1. The Morgan fingerprint density at radius 3 is 2.36 bits per heavy atom. The number of hydrogen-bond donors (Lipinski definition) is 1. The predicted molar refractivity (Wildman–Crippen MR) is 47.0 cm³/mol. The van der Waals surface area contributed by atoms with E-state index in [0.717, 1.165) is 10.6 Å². The molecule has 11 heavy (non-hydrogen) atoms. The Labute approximate surface area is 71.6 Å². The molecule has 0 radical (unpaired) electrons. The van der Waals surface area contributed by atoms with Crippen LogP contribution in [0, 0.1) is 0 Å². The van der Waals surface area contributed by atoms with Gasteiger partial charge in [-0.25, -0.2) is 0 Å². The highest BCUT2D eigenvalue weighted by molar-refractivity contribution is 6.30. The number of benzene rings is 1. The van der Waals surface area contributed by atoms with Crippen molar-refractivity contribution < 1.29 is 5.11 Å². The molecule has 0 unspecified atom stereocenters. The minimum Gasteiger partial charge on any atom is -0.396 e. The summed E-state index contributed by atoms with van der Waals surface area (Å²) in [4.78, 5) is 0. The molecule has 1 nitrogen and oxygen atoms in total. The van der Waals surface area contributed by atoms with E-state index in [0.29, 0.717) is 0 Å². The van der Waals surface area contributed by atoms with E-state index in [-0.39, 0.29) is 12.5 Å². The molecule has 1 atom stereocenters. The van der Waals surface area contributed by atoms with Crippen molar-refractivity contribution in [3.05, 3.63) is 34.9 Å². The van der Waals surface area contributed by atoms with Crippen molar-refractivity contribution in [1.29, 1.82) is 0 Å². The lowest BCUT2D eigenvalue weighted by atomic mass is 10.0. The largest absolute Gasteiger partial charge is 0.396 e. The molecular weight excluding hydrogens is 160 g/mol. The zero-order valence-electron chi connectivity index (χ0n) is 6.42. The van der Waals surface area contributed by atoms with E-state index in [2.05, 4.69) is 0 Å². The van der Waals surface area contributed by atoms with Crippen LogP contribution in [0.5, 0.6) is 0 Å². The molecule has 1 aromatic carbocycles. The third kappa shape index (κ3) is 2.21. The topological polar surface area (TPSA) is 20.2 Å². The molecule has 0 saturated heterocycles. The second-order valence-electron chi connectivity index (χ2n) is 2.64. The lowest BCUT2D eigenvalue weighted by Crippen LogP contribution is -1.97. The van der Waals surface area contributed by atoms with E-state index < -0.39 is 0 Å². The van der Waals surface area contributed by atoms with Crippen molar-refractivity contribution in [2.45, 2.75) is 12.8 Å². The summed E-state index contributed by atoms with van der Waals surface area (Å²) >= 11 is 5.70. The van der Waals surface area contributed by atoms with Gasteiger partial charge in [0.25, 0.3) is 0 Å². The molecule has 0 aliphatic rings. The van der Waals surface area contributed by atoms with Crippen molar-refractivity contribution in [3.63, 3.8) is 0 Å². The van der Waals surface area contributed by atoms with Crippen LogP contribution in [0.15, 0.2) is 24.3 Å². The predicted octanol–water partition coefficient (Wildman–Crippen LogP) is 2.44. The average Bonchev–Trinajstić information content (AvgIpc) is 2.05. The Kier molecular flexibility index (Phi) is 2.92. The highest BCUT2D eigenvalue weighted by Gasteiger charge is 2.01.